The van der Waals surface area contributed by atoms with Crippen molar-refractivity contribution in [2.24, 2.45) is 0 Å². The van der Waals surface area contributed by atoms with Gasteiger partial charge in [-0.25, -0.2) is 0 Å². The summed E-state index contributed by atoms with van der Waals surface area (Å²) in [6.45, 7) is 3.58. The van der Waals surface area contributed by atoms with Crippen LogP contribution in [0, 0.1) is 18.3 Å². The van der Waals surface area contributed by atoms with Crippen molar-refractivity contribution in [3.63, 3.8) is 0 Å². The summed E-state index contributed by atoms with van der Waals surface area (Å²) >= 11 is 0. The molecule has 0 aliphatic rings. The fraction of sp³-hybridized carbons (Fsp3) is 0.500. The molecule has 0 saturated carbocycles. The van der Waals surface area contributed by atoms with E-state index in [1.807, 2.05) is 12.1 Å². The largest absolute Gasteiger partial charge is 0.383 e. The van der Waals surface area contributed by atoms with E-state index in [1.54, 1.807) is 12.0 Å². The molecule has 0 radical (unpaired) electrons. The molecule has 0 atom stereocenters. The van der Waals surface area contributed by atoms with Crippen molar-refractivity contribution in [3.05, 3.63) is 35.4 Å². The molecule has 1 amide bonds. The molecule has 108 valence electrons. The lowest BCUT2D eigenvalue weighted by atomic mass is 10.0. The third-order valence-electron chi connectivity index (χ3n) is 3.28. The number of hydrogen-bond donors (Lipinski definition) is 0. The van der Waals surface area contributed by atoms with Crippen LogP contribution in [0.1, 0.15) is 24.0 Å². The minimum absolute atomic E-state index is 0.0838. The average molecular weight is 274 g/mol. The lowest BCUT2D eigenvalue weighted by molar-refractivity contribution is -0.131. The van der Waals surface area contributed by atoms with Gasteiger partial charge in [0.15, 0.2) is 0 Å². The smallest absolute Gasteiger partial charge is 0.223 e. The number of aryl methyl sites for hydroxylation is 2. The first kappa shape index (κ1) is 16.2. The minimum Gasteiger partial charge on any atom is -0.383 e. The van der Waals surface area contributed by atoms with Crippen LogP contribution >= 0.6 is 0 Å². The van der Waals surface area contributed by atoms with Crippen molar-refractivity contribution in [2.75, 3.05) is 26.8 Å². The quantitative estimate of drug-likeness (QED) is 0.731. The molecule has 4 heteroatoms. The van der Waals surface area contributed by atoms with E-state index < -0.39 is 0 Å². The van der Waals surface area contributed by atoms with E-state index in [9.17, 15) is 4.79 Å². The first-order valence-electron chi connectivity index (χ1n) is 6.87. The summed E-state index contributed by atoms with van der Waals surface area (Å²) in [6, 6.07) is 10.2. The second-order valence-corrected chi connectivity index (χ2v) is 4.71. The van der Waals surface area contributed by atoms with Gasteiger partial charge in [-0.1, -0.05) is 24.3 Å². The van der Waals surface area contributed by atoms with Crippen LogP contribution < -0.4 is 0 Å². The Labute approximate surface area is 121 Å². The number of carbonyl (C=O) groups is 1. The molecular formula is C16H22N2O2. The Morgan fingerprint density at radius 2 is 2.10 bits per heavy atom. The maximum absolute atomic E-state index is 12.2. The Hall–Kier alpha value is -1.86. The average Bonchev–Trinajstić information content (AvgIpc) is 2.46. The van der Waals surface area contributed by atoms with Gasteiger partial charge in [0.25, 0.3) is 0 Å². The Balaban J connectivity index is 2.52. The van der Waals surface area contributed by atoms with E-state index in [0.717, 1.165) is 6.42 Å². The molecule has 4 nitrogen and oxygen atoms in total. The van der Waals surface area contributed by atoms with Crippen LogP contribution in [0.3, 0.4) is 0 Å². The summed E-state index contributed by atoms with van der Waals surface area (Å²) in [5, 5.41) is 8.65. The van der Waals surface area contributed by atoms with E-state index >= 15 is 0 Å². The molecular weight excluding hydrogens is 252 g/mol. The molecule has 0 aromatic heterocycles. The summed E-state index contributed by atoms with van der Waals surface area (Å²) in [7, 11) is 1.61. The zero-order valence-corrected chi connectivity index (χ0v) is 12.3. The van der Waals surface area contributed by atoms with Crippen LogP contribution in [0.5, 0.6) is 0 Å². The molecule has 1 rings (SSSR count). The fourth-order valence-electron chi connectivity index (χ4n) is 2.04. The van der Waals surface area contributed by atoms with E-state index in [0.29, 0.717) is 32.5 Å². The lowest BCUT2D eigenvalue weighted by Gasteiger charge is -2.21. The summed E-state index contributed by atoms with van der Waals surface area (Å²) in [5.74, 6) is 0.0838. The van der Waals surface area contributed by atoms with Gasteiger partial charge in [-0.15, -0.1) is 0 Å². The van der Waals surface area contributed by atoms with Gasteiger partial charge in [0.05, 0.1) is 19.1 Å². The highest BCUT2D eigenvalue weighted by molar-refractivity contribution is 5.76. The number of rotatable bonds is 8. The monoisotopic (exact) mass is 274 g/mol. The highest BCUT2D eigenvalue weighted by Gasteiger charge is 2.13. The normalized spacial score (nSPS) is 10.1. The summed E-state index contributed by atoms with van der Waals surface area (Å²) in [4.78, 5) is 13.9. The van der Waals surface area contributed by atoms with Crippen LogP contribution in [-0.2, 0) is 16.0 Å². The third kappa shape index (κ3) is 5.41. The molecule has 0 N–H and O–H groups in total. The number of benzene rings is 1. The molecule has 1 aromatic rings. The predicted molar refractivity (Wildman–Crippen MR) is 78.2 cm³/mol. The number of ether oxygens (including phenoxy) is 1. The van der Waals surface area contributed by atoms with Gasteiger partial charge in [-0.2, -0.15) is 5.26 Å². The second-order valence-electron chi connectivity index (χ2n) is 4.71. The predicted octanol–water partition coefficient (Wildman–Crippen LogP) is 2.32. The van der Waals surface area contributed by atoms with Gasteiger partial charge in [-0.3, -0.25) is 4.79 Å². The van der Waals surface area contributed by atoms with Crippen LogP contribution in [0.15, 0.2) is 24.3 Å². The maximum Gasteiger partial charge on any atom is 0.223 e. The molecule has 0 unspecified atom stereocenters. The minimum atomic E-state index is 0.0838. The molecule has 0 spiro atoms. The van der Waals surface area contributed by atoms with Crippen molar-refractivity contribution in [2.45, 2.75) is 26.2 Å². The number of amides is 1. The summed E-state index contributed by atoms with van der Waals surface area (Å²) in [5.41, 5.74) is 2.41. The molecule has 0 aliphatic heterocycles. The fourth-order valence-corrected chi connectivity index (χ4v) is 2.04. The lowest BCUT2D eigenvalue weighted by Crippen LogP contribution is -2.34. The maximum atomic E-state index is 12.2. The Kier molecular flexibility index (Phi) is 7.38. The number of methoxy groups -OCH3 is 1. The molecule has 0 aliphatic carbocycles. The van der Waals surface area contributed by atoms with Gasteiger partial charge in [0.1, 0.15) is 0 Å². The number of hydrogen-bond acceptors (Lipinski definition) is 3. The molecule has 1 aromatic carbocycles. The van der Waals surface area contributed by atoms with Crippen LogP contribution in [0.4, 0.5) is 0 Å². The second kappa shape index (κ2) is 9.11. The van der Waals surface area contributed by atoms with E-state index in [1.165, 1.54) is 11.1 Å². The van der Waals surface area contributed by atoms with Gasteiger partial charge < -0.3 is 9.64 Å². The van der Waals surface area contributed by atoms with E-state index in [2.05, 4.69) is 25.1 Å². The van der Waals surface area contributed by atoms with Crippen molar-refractivity contribution in [3.8, 4) is 6.07 Å². The molecule has 0 heterocycles. The van der Waals surface area contributed by atoms with Crippen LogP contribution in [0.25, 0.3) is 0 Å². The Bertz CT molecular complexity index is 466. The van der Waals surface area contributed by atoms with Gasteiger partial charge in [0.2, 0.25) is 5.91 Å². The first-order valence-corrected chi connectivity index (χ1v) is 6.87. The van der Waals surface area contributed by atoms with Gasteiger partial charge in [-0.05, 0) is 24.5 Å². The van der Waals surface area contributed by atoms with E-state index in [4.69, 9.17) is 10.00 Å². The number of carbonyl (C=O) groups excluding carboxylic acids is 1. The highest BCUT2D eigenvalue weighted by atomic mass is 16.5. The number of nitriles is 1. The Morgan fingerprint density at radius 1 is 1.35 bits per heavy atom. The van der Waals surface area contributed by atoms with Crippen molar-refractivity contribution >= 4 is 5.91 Å². The SMILES string of the molecule is COCCN(CCC#N)C(=O)CCc1ccccc1C. The molecule has 0 bridgehead atoms. The third-order valence-corrected chi connectivity index (χ3v) is 3.28. The first-order chi connectivity index (χ1) is 9.69. The van der Waals surface area contributed by atoms with Gasteiger partial charge >= 0.3 is 0 Å². The highest BCUT2D eigenvalue weighted by Crippen LogP contribution is 2.10. The van der Waals surface area contributed by atoms with E-state index in [-0.39, 0.29) is 5.91 Å². The van der Waals surface area contributed by atoms with Crippen LogP contribution in [0.2, 0.25) is 0 Å². The zero-order chi connectivity index (χ0) is 14.8. The van der Waals surface area contributed by atoms with Crippen LogP contribution in [-0.4, -0.2) is 37.6 Å². The summed E-state index contributed by atoms with van der Waals surface area (Å²) in [6.07, 6.45) is 1.57. The molecule has 0 saturated heterocycles. The standard InChI is InChI=1S/C16H22N2O2/c1-14-6-3-4-7-15(14)8-9-16(19)18(11-5-10-17)12-13-20-2/h3-4,6-7H,5,8-9,11-13H2,1-2H3. The summed E-state index contributed by atoms with van der Waals surface area (Å²) < 4.78 is 5.01. The number of nitrogens with zero attached hydrogens (tertiary/aromatic N) is 2. The van der Waals surface area contributed by atoms with Gasteiger partial charge in [0, 0.05) is 26.6 Å². The molecule has 0 fully saturated rings. The van der Waals surface area contributed by atoms with Crippen molar-refractivity contribution < 1.29 is 9.53 Å². The molecule has 20 heavy (non-hydrogen) atoms. The Morgan fingerprint density at radius 3 is 2.75 bits per heavy atom. The van der Waals surface area contributed by atoms with Crippen molar-refractivity contribution in [1.82, 2.24) is 4.90 Å². The van der Waals surface area contributed by atoms with Crippen molar-refractivity contribution in [1.29, 1.82) is 5.26 Å². The topological polar surface area (TPSA) is 53.3 Å². The zero-order valence-electron chi connectivity index (χ0n) is 12.3.